The van der Waals surface area contributed by atoms with E-state index >= 15 is 0 Å². The summed E-state index contributed by atoms with van der Waals surface area (Å²) >= 11 is 0. The lowest BCUT2D eigenvalue weighted by Gasteiger charge is -2.10. The molecule has 0 amide bonds. The first kappa shape index (κ1) is 19.3. The third-order valence-electron chi connectivity index (χ3n) is 2.42. The van der Waals surface area contributed by atoms with Gasteiger partial charge in [0.15, 0.2) is 0 Å². The molecule has 0 aliphatic carbocycles. The van der Waals surface area contributed by atoms with Gasteiger partial charge in [-0.2, -0.15) is 0 Å². The molecule has 0 aromatic heterocycles. The van der Waals surface area contributed by atoms with Crippen LogP contribution < -0.4 is 5.73 Å². The fraction of sp³-hybridized carbons (Fsp3) is 0.625. The maximum atomic E-state index is 9.35. The Bertz CT molecular complexity index is 297. The molecule has 0 radical (unpaired) electrons. The molecule has 0 aliphatic heterocycles. The van der Waals surface area contributed by atoms with Gasteiger partial charge in [0.05, 0.1) is 0 Å². The van der Waals surface area contributed by atoms with Crippen molar-refractivity contribution in [3.8, 4) is 5.75 Å². The third-order valence-corrected chi connectivity index (χ3v) is 2.42. The van der Waals surface area contributed by atoms with Gasteiger partial charge in [0, 0.05) is 6.04 Å². The van der Waals surface area contributed by atoms with E-state index in [2.05, 4.69) is 6.92 Å². The molecule has 0 bridgehead atoms. The van der Waals surface area contributed by atoms with E-state index in [9.17, 15) is 5.11 Å². The van der Waals surface area contributed by atoms with Gasteiger partial charge in [-0.05, 0) is 37.0 Å². The fourth-order valence-corrected chi connectivity index (χ4v) is 1.62. The van der Waals surface area contributed by atoms with Crippen LogP contribution in [0.5, 0.6) is 5.75 Å². The number of hydrogen-bond acceptors (Lipinski definition) is 2. The molecule has 0 spiro atoms. The Labute approximate surface area is 113 Å². The van der Waals surface area contributed by atoms with Crippen molar-refractivity contribution in [2.75, 3.05) is 0 Å². The highest BCUT2D eigenvalue weighted by molar-refractivity contribution is 5.35. The van der Waals surface area contributed by atoms with Crippen molar-refractivity contribution >= 4 is 0 Å². The van der Waals surface area contributed by atoms with Crippen LogP contribution in [0.15, 0.2) is 18.2 Å². The van der Waals surface area contributed by atoms with Crippen molar-refractivity contribution in [2.24, 2.45) is 5.73 Å². The zero-order valence-corrected chi connectivity index (χ0v) is 13.0. The first-order valence-corrected chi connectivity index (χ1v) is 7.17. The molecule has 0 saturated heterocycles. The van der Waals surface area contributed by atoms with Crippen molar-refractivity contribution in [3.05, 3.63) is 29.3 Å². The van der Waals surface area contributed by atoms with Gasteiger partial charge in [-0.25, -0.2) is 0 Å². The van der Waals surface area contributed by atoms with Gasteiger partial charge < -0.3 is 10.8 Å². The Kier molecular flexibility index (Phi) is 13.4. The summed E-state index contributed by atoms with van der Waals surface area (Å²) in [6, 6.07) is 5.93. The summed E-state index contributed by atoms with van der Waals surface area (Å²) in [6.45, 7) is 12.0. The number of rotatable bonds is 4. The quantitative estimate of drug-likeness (QED) is 0.834. The molecule has 1 aromatic rings. The number of nitrogens with two attached hydrogens (primary N) is 1. The highest BCUT2D eigenvalue weighted by Gasteiger charge is 2.04. The van der Waals surface area contributed by atoms with Crippen molar-refractivity contribution in [1.82, 2.24) is 0 Å². The molecule has 1 rings (SSSR count). The molecule has 2 nitrogen and oxygen atoms in total. The molecular formula is C16H31NO. The Hall–Kier alpha value is -1.02. The smallest absolute Gasteiger partial charge is 0.118 e. The molecule has 0 saturated carbocycles. The minimum absolute atomic E-state index is 0.240. The number of hydrogen-bond donors (Lipinski definition) is 2. The van der Waals surface area contributed by atoms with Crippen molar-refractivity contribution in [2.45, 2.75) is 66.8 Å². The summed E-state index contributed by atoms with van der Waals surface area (Å²) in [7, 11) is 0. The van der Waals surface area contributed by atoms with E-state index < -0.39 is 0 Å². The SMILES string of the molecule is CC.CC.CCC[C@@H](N)Cc1ccc(O)c(C)c1. The van der Waals surface area contributed by atoms with Gasteiger partial charge in [-0.15, -0.1) is 0 Å². The fourth-order valence-electron chi connectivity index (χ4n) is 1.62. The second-order valence-corrected chi connectivity index (χ2v) is 3.87. The predicted octanol–water partition coefficient (Wildman–Crippen LogP) is 4.42. The molecular weight excluding hydrogens is 222 g/mol. The largest absolute Gasteiger partial charge is 0.508 e. The monoisotopic (exact) mass is 253 g/mol. The normalized spacial score (nSPS) is 10.6. The molecule has 0 unspecified atom stereocenters. The summed E-state index contributed by atoms with van der Waals surface area (Å²) in [5.41, 5.74) is 8.07. The summed E-state index contributed by atoms with van der Waals surface area (Å²) in [5, 5.41) is 9.35. The van der Waals surface area contributed by atoms with Gasteiger partial charge in [-0.1, -0.05) is 53.2 Å². The van der Waals surface area contributed by atoms with Crippen LogP contribution in [0, 0.1) is 6.92 Å². The van der Waals surface area contributed by atoms with E-state index in [1.807, 2.05) is 46.8 Å². The highest BCUT2D eigenvalue weighted by Crippen LogP contribution is 2.18. The average Bonchev–Trinajstić information content (AvgIpc) is 2.39. The Morgan fingerprint density at radius 1 is 1.17 bits per heavy atom. The van der Waals surface area contributed by atoms with Crippen molar-refractivity contribution < 1.29 is 5.11 Å². The van der Waals surface area contributed by atoms with Crippen LogP contribution in [0.4, 0.5) is 0 Å². The summed E-state index contributed by atoms with van der Waals surface area (Å²) in [5.74, 6) is 0.359. The number of aryl methyl sites for hydroxylation is 1. The summed E-state index contributed by atoms with van der Waals surface area (Å²) in [4.78, 5) is 0. The maximum Gasteiger partial charge on any atom is 0.118 e. The first-order chi connectivity index (χ1) is 8.63. The number of phenols is 1. The first-order valence-electron chi connectivity index (χ1n) is 7.17. The molecule has 0 aliphatic rings. The minimum atomic E-state index is 0.240. The second-order valence-electron chi connectivity index (χ2n) is 3.87. The highest BCUT2D eigenvalue weighted by atomic mass is 16.3. The lowest BCUT2D eigenvalue weighted by atomic mass is 10.0. The zero-order chi connectivity index (χ0) is 14.6. The van der Waals surface area contributed by atoms with Gasteiger partial charge >= 0.3 is 0 Å². The van der Waals surface area contributed by atoms with E-state index in [0.717, 1.165) is 24.8 Å². The number of benzene rings is 1. The van der Waals surface area contributed by atoms with Crippen LogP contribution in [-0.4, -0.2) is 11.1 Å². The van der Waals surface area contributed by atoms with E-state index in [1.54, 1.807) is 6.07 Å². The predicted molar refractivity (Wildman–Crippen MR) is 82.1 cm³/mol. The van der Waals surface area contributed by atoms with Gasteiger partial charge in [0.1, 0.15) is 5.75 Å². The lowest BCUT2D eigenvalue weighted by molar-refractivity contribution is 0.470. The van der Waals surface area contributed by atoms with E-state index in [4.69, 9.17) is 5.73 Å². The Morgan fingerprint density at radius 2 is 1.72 bits per heavy atom. The molecule has 18 heavy (non-hydrogen) atoms. The maximum absolute atomic E-state index is 9.35. The minimum Gasteiger partial charge on any atom is -0.508 e. The molecule has 106 valence electrons. The average molecular weight is 253 g/mol. The third kappa shape index (κ3) is 8.13. The second kappa shape index (κ2) is 12.4. The van der Waals surface area contributed by atoms with Crippen molar-refractivity contribution in [1.29, 1.82) is 0 Å². The molecule has 1 atom stereocenters. The molecule has 0 fully saturated rings. The zero-order valence-electron chi connectivity index (χ0n) is 13.0. The number of aromatic hydroxyl groups is 1. The van der Waals surface area contributed by atoms with Gasteiger partial charge in [0.25, 0.3) is 0 Å². The molecule has 0 heterocycles. The molecule has 1 aromatic carbocycles. The van der Waals surface area contributed by atoms with Crippen molar-refractivity contribution in [3.63, 3.8) is 0 Å². The Balaban J connectivity index is 0. The van der Waals surface area contributed by atoms with Gasteiger partial charge in [0.2, 0.25) is 0 Å². The van der Waals surface area contributed by atoms with Crippen LogP contribution in [0.1, 0.15) is 58.6 Å². The topological polar surface area (TPSA) is 46.2 Å². The summed E-state index contributed by atoms with van der Waals surface area (Å²) in [6.07, 6.45) is 3.08. The van der Waals surface area contributed by atoms with Crippen LogP contribution in [-0.2, 0) is 6.42 Å². The van der Waals surface area contributed by atoms with Gasteiger partial charge in [-0.3, -0.25) is 0 Å². The molecule has 3 N–H and O–H groups in total. The summed E-state index contributed by atoms with van der Waals surface area (Å²) < 4.78 is 0. The standard InChI is InChI=1S/C12H19NO.2C2H6/c1-3-4-11(13)8-10-5-6-12(14)9(2)7-10;2*1-2/h5-7,11,14H,3-4,8,13H2,1-2H3;2*1-2H3/t11-;;/m1../s1. The molecule has 2 heteroatoms. The van der Waals surface area contributed by atoms with Crippen LogP contribution in [0.25, 0.3) is 0 Å². The van der Waals surface area contributed by atoms with E-state index in [1.165, 1.54) is 5.56 Å². The number of phenolic OH excluding ortho intramolecular Hbond substituents is 1. The van der Waals surface area contributed by atoms with Crippen LogP contribution in [0.2, 0.25) is 0 Å². The van der Waals surface area contributed by atoms with E-state index in [-0.39, 0.29) is 6.04 Å². The van der Waals surface area contributed by atoms with E-state index in [0.29, 0.717) is 5.75 Å². The Morgan fingerprint density at radius 3 is 2.17 bits per heavy atom. The lowest BCUT2D eigenvalue weighted by Crippen LogP contribution is -2.22. The van der Waals surface area contributed by atoms with Crippen LogP contribution in [0.3, 0.4) is 0 Å². The van der Waals surface area contributed by atoms with Crippen LogP contribution >= 0.6 is 0 Å².